The average Bonchev–Trinajstić information content (AvgIpc) is 2.54. The first kappa shape index (κ1) is 14.1. The van der Waals surface area contributed by atoms with Gasteiger partial charge in [-0.05, 0) is 36.5 Å². The first-order valence-corrected chi connectivity index (χ1v) is 7.09. The molecule has 0 unspecified atom stereocenters. The summed E-state index contributed by atoms with van der Waals surface area (Å²) in [6, 6.07) is 18.7. The van der Waals surface area contributed by atoms with Gasteiger partial charge in [-0.25, -0.2) is 0 Å². The summed E-state index contributed by atoms with van der Waals surface area (Å²) >= 11 is 4.80. The van der Waals surface area contributed by atoms with Crippen LogP contribution in [0.1, 0.15) is 0 Å². The highest BCUT2D eigenvalue weighted by Gasteiger charge is 2.10. The molecule has 2 aromatic carbocycles. The van der Waals surface area contributed by atoms with E-state index in [9.17, 15) is 4.79 Å². The second-order valence-corrected chi connectivity index (χ2v) is 5.14. The first-order chi connectivity index (χ1) is 10.7. The number of hydrazine groups is 1. The summed E-state index contributed by atoms with van der Waals surface area (Å²) in [5, 5.41) is 0.743. The van der Waals surface area contributed by atoms with Crippen LogP contribution in [0.5, 0.6) is 0 Å². The zero-order valence-corrected chi connectivity index (χ0v) is 12.4. The molecule has 4 N–H and O–H groups in total. The summed E-state index contributed by atoms with van der Waals surface area (Å²) in [6.07, 6.45) is 0. The van der Waals surface area contributed by atoms with Gasteiger partial charge in [0.05, 0.1) is 5.52 Å². The topological polar surface area (TPSA) is 72.1 Å². The van der Waals surface area contributed by atoms with Gasteiger partial charge in [0.25, 0.3) is 0 Å². The van der Waals surface area contributed by atoms with Crippen molar-refractivity contribution in [3.63, 3.8) is 0 Å². The monoisotopic (exact) mass is 310 g/mol. The first-order valence-electron chi connectivity index (χ1n) is 6.68. The molecule has 5 nitrogen and oxygen atoms in total. The van der Waals surface area contributed by atoms with Crippen molar-refractivity contribution in [3.05, 3.63) is 70.9 Å². The number of fused-ring (bicyclic) bond motifs is 1. The quantitative estimate of drug-likeness (QED) is 0.511. The van der Waals surface area contributed by atoms with Crippen LogP contribution in [-0.4, -0.2) is 9.68 Å². The van der Waals surface area contributed by atoms with Gasteiger partial charge in [0.1, 0.15) is 5.82 Å². The second-order valence-electron chi connectivity index (χ2n) is 4.70. The van der Waals surface area contributed by atoms with Crippen LogP contribution >= 0.6 is 12.2 Å². The van der Waals surface area contributed by atoms with Crippen molar-refractivity contribution in [2.24, 2.45) is 5.73 Å². The SMILES string of the molecule is NC(=S)NNc1cc(=O)c2ccccc2n1-c1ccccc1. The van der Waals surface area contributed by atoms with E-state index in [0.717, 1.165) is 11.2 Å². The normalized spacial score (nSPS) is 10.4. The highest BCUT2D eigenvalue weighted by molar-refractivity contribution is 7.80. The molecule has 1 heterocycles. The molecule has 3 rings (SSSR count). The number of para-hydroxylation sites is 2. The van der Waals surface area contributed by atoms with E-state index in [4.69, 9.17) is 18.0 Å². The van der Waals surface area contributed by atoms with E-state index in [1.54, 1.807) is 0 Å². The summed E-state index contributed by atoms with van der Waals surface area (Å²) in [5.74, 6) is 0.558. The number of hydrogen-bond acceptors (Lipinski definition) is 3. The third-order valence-corrected chi connectivity index (χ3v) is 3.35. The molecular formula is C16H14N4OS. The molecule has 0 fully saturated rings. The van der Waals surface area contributed by atoms with E-state index in [2.05, 4.69) is 10.9 Å². The van der Waals surface area contributed by atoms with Crippen molar-refractivity contribution in [1.29, 1.82) is 0 Å². The molecule has 0 spiro atoms. The fraction of sp³-hybridized carbons (Fsp3) is 0. The molecule has 0 radical (unpaired) electrons. The smallest absolute Gasteiger partial charge is 0.191 e. The summed E-state index contributed by atoms with van der Waals surface area (Å²) in [4.78, 5) is 12.3. The van der Waals surface area contributed by atoms with Gasteiger partial charge in [0.2, 0.25) is 0 Å². The maximum atomic E-state index is 12.3. The molecule has 0 aliphatic carbocycles. The van der Waals surface area contributed by atoms with Gasteiger partial charge in [-0.1, -0.05) is 30.3 Å². The average molecular weight is 310 g/mol. The fourth-order valence-corrected chi connectivity index (χ4v) is 2.40. The van der Waals surface area contributed by atoms with Gasteiger partial charge in [-0.3, -0.25) is 20.2 Å². The van der Waals surface area contributed by atoms with Crippen LogP contribution in [-0.2, 0) is 0 Å². The van der Waals surface area contributed by atoms with Crippen LogP contribution in [0, 0.1) is 0 Å². The van der Waals surface area contributed by atoms with Gasteiger partial charge in [0.15, 0.2) is 10.5 Å². The Morgan fingerprint density at radius 3 is 2.45 bits per heavy atom. The number of hydrogen-bond donors (Lipinski definition) is 3. The highest BCUT2D eigenvalue weighted by atomic mass is 32.1. The zero-order chi connectivity index (χ0) is 15.5. The zero-order valence-electron chi connectivity index (χ0n) is 11.6. The Labute approximate surface area is 132 Å². The van der Waals surface area contributed by atoms with Crippen LogP contribution in [0.2, 0.25) is 0 Å². The Kier molecular flexibility index (Phi) is 3.76. The molecule has 1 aromatic heterocycles. The minimum Gasteiger partial charge on any atom is -0.375 e. The number of pyridine rings is 1. The third kappa shape index (κ3) is 2.64. The molecule has 0 aliphatic heterocycles. The lowest BCUT2D eigenvalue weighted by Gasteiger charge is -2.18. The van der Waals surface area contributed by atoms with E-state index in [0.29, 0.717) is 11.2 Å². The number of aromatic nitrogens is 1. The number of nitrogens with one attached hydrogen (secondary N) is 2. The second kappa shape index (κ2) is 5.87. The predicted molar refractivity (Wildman–Crippen MR) is 93.1 cm³/mol. The molecule has 0 saturated carbocycles. The minimum atomic E-state index is -0.0741. The maximum Gasteiger partial charge on any atom is 0.191 e. The van der Waals surface area contributed by atoms with Gasteiger partial charge >= 0.3 is 0 Å². The van der Waals surface area contributed by atoms with E-state index in [1.165, 1.54) is 6.07 Å². The Balaban J connectivity index is 2.29. The third-order valence-electron chi connectivity index (χ3n) is 3.25. The fourth-order valence-electron chi connectivity index (χ4n) is 2.35. The maximum absolute atomic E-state index is 12.3. The Morgan fingerprint density at radius 1 is 1.05 bits per heavy atom. The summed E-state index contributed by atoms with van der Waals surface area (Å²) in [5.41, 5.74) is 12.7. The van der Waals surface area contributed by atoms with E-state index in [-0.39, 0.29) is 10.5 Å². The van der Waals surface area contributed by atoms with Crippen molar-refractivity contribution in [2.75, 3.05) is 5.43 Å². The molecular weight excluding hydrogens is 296 g/mol. The predicted octanol–water partition coefficient (Wildman–Crippen LogP) is 2.15. The summed E-state index contributed by atoms with van der Waals surface area (Å²) < 4.78 is 1.93. The number of nitrogens with zero attached hydrogens (tertiary/aromatic N) is 1. The molecule has 0 bridgehead atoms. The van der Waals surface area contributed by atoms with Crippen LogP contribution in [0.4, 0.5) is 5.82 Å². The van der Waals surface area contributed by atoms with Crippen LogP contribution in [0.25, 0.3) is 16.6 Å². The lowest BCUT2D eigenvalue weighted by molar-refractivity contribution is 1.02. The van der Waals surface area contributed by atoms with Crippen molar-refractivity contribution in [2.45, 2.75) is 0 Å². The lowest BCUT2D eigenvalue weighted by atomic mass is 10.2. The Bertz CT molecular complexity index is 890. The van der Waals surface area contributed by atoms with Gasteiger partial charge < -0.3 is 5.73 Å². The molecule has 110 valence electrons. The van der Waals surface area contributed by atoms with Crippen molar-refractivity contribution < 1.29 is 0 Å². The number of rotatable bonds is 3. The number of thiocarbonyl (C=S) groups is 1. The van der Waals surface area contributed by atoms with Crippen LogP contribution in [0.15, 0.2) is 65.5 Å². The number of benzene rings is 2. The van der Waals surface area contributed by atoms with Crippen LogP contribution in [0.3, 0.4) is 0 Å². The van der Waals surface area contributed by atoms with Gasteiger partial charge in [-0.15, -0.1) is 0 Å². The molecule has 3 aromatic rings. The summed E-state index contributed by atoms with van der Waals surface area (Å²) in [6.45, 7) is 0. The molecule has 6 heteroatoms. The minimum absolute atomic E-state index is 0.0741. The largest absolute Gasteiger partial charge is 0.375 e. The number of nitrogens with two attached hydrogens (primary N) is 1. The van der Waals surface area contributed by atoms with Gasteiger partial charge in [0, 0.05) is 17.1 Å². The Hall–Kier alpha value is -2.86. The van der Waals surface area contributed by atoms with Crippen molar-refractivity contribution in [1.82, 2.24) is 9.99 Å². The Morgan fingerprint density at radius 2 is 1.73 bits per heavy atom. The summed E-state index contributed by atoms with van der Waals surface area (Å²) in [7, 11) is 0. The van der Waals surface area contributed by atoms with E-state index < -0.39 is 0 Å². The molecule has 0 atom stereocenters. The van der Waals surface area contributed by atoms with Gasteiger partial charge in [-0.2, -0.15) is 0 Å². The van der Waals surface area contributed by atoms with Crippen molar-refractivity contribution in [3.8, 4) is 5.69 Å². The standard InChI is InChI=1S/C16H14N4OS/c17-16(22)19-18-15-10-14(21)12-8-4-5-9-13(12)20(15)11-6-2-1-3-7-11/h1-10,18H,(H3,17,19,22). The van der Waals surface area contributed by atoms with Crippen molar-refractivity contribution >= 4 is 34.1 Å². The molecule has 0 saturated heterocycles. The number of anilines is 1. The molecule has 0 aliphatic rings. The van der Waals surface area contributed by atoms with E-state index >= 15 is 0 Å². The molecule has 0 amide bonds. The van der Waals surface area contributed by atoms with Crippen LogP contribution < -0.4 is 22.0 Å². The lowest BCUT2D eigenvalue weighted by Crippen LogP contribution is -2.35. The highest BCUT2D eigenvalue weighted by Crippen LogP contribution is 2.21. The molecule has 22 heavy (non-hydrogen) atoms. The van der Waals surface area contributed by atoms with E-state index in [1.807, 2.05) is 59.2 Å².